The molecule has 9 N–H and O–H groups in total. The first-order chi connectivity index (χ1) is 70.6. The molecule has 39 nitrogen and oxygen atoms in total. The standard InChI is InChI=1S/C25H24N6O2.C24H25ClFN5O3.C20H19N3O3.C19H16N4O6S2.C6H8O4.C5H2F3N3S2/c1-2-21(32)30-14-6-7-18(15-30)31-25-22(24(26)27-16-28-25)23(29-31)17-10-12-20(13-11-17)33-19-8-4-3-5-9-19;1-31(2)8-3-4-23(32)30-21-11-17-20(12-22(21)34-16-7-9-33-13-16)27-14-28-24(17)29-15-5-6-19(26)18(25)10-15;1-13(24)21-15-8-7-14-11-23-16(12-26-20(14)9-15)10-18(22-23)17-5-3-4-6-19(17)25-2;1-29-16-3-2-12-20-19(16)22-31(27,28)15-8-4-13(5-9-15)21-17(24)10-6-14-7-11-18(30-14)23(25)26;1-9-5(7)3-4-6(8)10-2;6-5(7,8)1-2-12-4-10-3(9)13-11-4/h2-5,8-13,16,18H,1,6-7,14-15H2,(H2,26,27,28);3-6,10-12,14,16H,7-9,13H2,1-2H3,(H,30,32)(H,27,28,29);3-10H,11-12H2,1-2H3,(H,21,24);2-12H,1H3,(H,20,22)(H,21,24);3-4H,1-2H3;(H2,9,10,11)/b;4-3+;;10-6+;4-3+;/t18-;16-;;;;/m10..../s1. The summed E-state index contributed by atoms with van der Waals surface area (Å²) in [6, 6.07) is 52.3. The maximum absolute atomic E-state index is 13.6. The molecule has 3 aliphatic rings. The van der Waals surface area contributed by atoms with Gasteiger partial charge < -0.3 is 80.4 Å². The molecule has 0 bridgehead atoms. The van der Waals surface area contributed by atoms with E-state index in [0.717, 1.165) is 117 Å². The quantitative estimate of drug-likeness (QED) is 0.00478. The number of hydrogen-bond donors (Lipinski definition) is 7. The SMILES string of the molecule is C=CC(=O)N1CCC[C@@H](n2nc(-c3ccc(Oc4ccccc4)cc3)c3c(N)ncnc32)C1.CN(C)C/C=C/C(=O)Nc1cc2c(Nc3ccc(F)c(Cl)c3)ncnc2cc1O[C@H]1CCOC1.COC(=O)/C=C/C(=O)OC.COc1ccccc1-c1cc2n(n1)Cc1ccc(NC(C)=O)cc1OC2.COc1cccnc1NS(=O)(=O)c1ccc(NC(=O)/C=C/c2ccc([N+](=O)[O-])s2)cc1.Nc1nc(SC#CC(F)(F)F)ns1. The molecule has 0 saturated carbocycles. The number of carbonyl (C=O) groups is 6. The van der Waals surface area contributed by atoms with E-state index in [1.165, 1.54) is 120 Å². The van der Waals surface area contributed by atoms with Gasteiger partial charge in [-0.15, -0.1) is 0 Å². The maximum Gasteiger partial charge on any atom is 0.458 e. The van der Waals surface area contributed by atoms with E-state index in [4.69, 9.17) is 61.7 Å². The number of halogens is 5. The lowest BCUT2D eigenvalue weighted by atomic mass is 10.1. The van der Waals surface area contributed by atoms with Crippen LogP contribution >= 0.6 is 46.2 Å². The number of para-hydroxylation sites is 2. The van der Waals surface area contributed by atoms with Crippen LogP contribution in [-0.4, -0.2) is 200 Å². The number of thiophene rings is 1. The van der Waals surface area contributed by atoms with Crippen LogP contribution in [0.15, 0.2) is 254 Å². The minimum Gasteiger partial charge on any atom is -0.496 e. The summed E-state index contributed by atoms with van der Waals surface area (Å²) in [5.74, 6) is 3.21. The fraction of sp³-hybridized carbons (Fsp3) is 0.202. The Morgan fingerprint density at radius 1 is 0.755 bits per heavy atom. The lowest BCUT2D eigenvalue weighted by Crippen LogP contribution is -2.40. The fourth-order valence-electron chi connectivity index (χ4n) is 13.8. The third kappa shape index (κ3) is 32.1. The number of benzene rings is 7. The molecule has 0 unspecified atom stereocenters. The molecule has 0 spiro atoms. The average molecular weight is 2110 g/mol. The molecule has 48 heteroatoms. The van der Waals surface area contributed by atoms with Gasteiger partial charge in [-0.3, -0.25) is 38.7 Å². The third-order valence-corrected chi connectivity index (χ3v) is 24.5. The van der Waals surface area contributed by atoms with E-state index in [1.807, 2.05) is 137 Å². The van der Waals surface area contributed by atoms with Gasteiger partial charge in [-0.1, -0.05) is 72.0 Å². The monoisotopic (exact) mass is 2100 g/mol. The molecule has 7 aromatic carbocycles. The highest BCUT2D eigenvalue weighted by molar-refractivity contribution is 8.03. The van der Waals surface area contributed by atoms with E-state index < -0.39 is 44.8 Å². The number of likely N-dealkylation sites (N-methyl/N-ethyl adjacent to an activating group) is 1. The number of rotatable bonds is 27. The van der Waals surface area contributed by atoms with Crippen molar-refractivity contribution in [2.45, 2.75) is 67.7 Å². The van der Waals surface area contributed by atoms with E-state index in [-0.39, 0.29) is 66.6 Å². The predicted molar refractivity (Wildman–Crippen MR) is 549 cm³/mol. The minimum atomic E-state index is -4.48. The number of thioether (sulfide) groups is 1. The van der Waals surface area contributed by atoms with Crippen LogP contribution in [0.4, 0.5) is 67.9 Å². The second-order valence-corrected chi connectivity index (χ2v) is 36.0. The number of sulfonamides is 1. The number of nitrogens with zero attached hydrogens (tertiary/aromatic N) is 14. The van der Waals surface area contributed by atoms with Gasteiger partial charge in [-0.25, -0.2) is 52.0 Å². The van der Waals surface area contributed by atoms with Crippen LogP contribution < -0.4 is 61.1 Å². The van der Waals surface area contributed by atoms with Crippen molar-refractivity contribution < 1.29 is 97.6 Å². The Balaban J connectivity index is 0.000000163. The van der Waals surface area contributed by atoms with E-state index in [2.05, 4.69) is 76.3 Å². The van der Waals surface area contributed by atoms with Gasteiger partial charge in [0.2, 0.25) is 33.9 Å². The number of hydrogen-bond acceptors (Lipinski definition) is 34. The van der Waals surface area contributed by atoms with Crippen LogP contribution in [0, 0.1) is 27.1 Å². The van der Waals surface area contributed by atoms with Gasteiger partial charge in [-0.2, -0.15) is 32.7 Å². The van der Waals surface area contributed by atoms with Gasteiger partial charge in [0.15, 0.2) is 17.2 Å². The summed E-state index contributed by atoms with van der Waals surface area (Å²) < 4.78 is 125. The van der Waals surface area contributed by atoms with Crippen molar-refractivity contribution in [2.24, 2.45) is 0 Å². The number of esters is 2. The Morgan fingerprint density at radius 3 is 2.14 bits per heavy atom. The van der Waals surface area contributed by atoms with Gasteiger partial charge >= 0.3 is 23.1 Å². The minimum absolute atomic E-state index is 0.00436. The van der Waals surface area contributed by atoms with Crippen LogP contribution in [0.25, 0.3) is 50.5 Å². The number of pyridine rings is 1. The zero-order valence-electron chi connectivity index (χ0n) is 79.3. The molecule has 10 heterocycles. The van der Waals surface area contributed by atoms with Crippen molar-refractivity contribution in [3.8, 4) is 68.2 Å². The molecule has 2 saturated heterocycles. The van der Waals surface area contributed by atoms with Crippen molar-refractivity contribution in [1.29, 1.82) is 0 Å². The number of nitrogen functional groups attached to an aromatic ring is 2. The molecule has 147 heavy (non-hydrogen) atoms. The number of anilines is 8. The van der Waals surface area contributed by atoms with Crippen LogP contribution in [0.2, 0.25) is 5.02 Å². The Labute approximate surface area is 855 Å². The average Bonchev–Trinajstić information content (AvgIpc) is 1.63. The van der Waals surface area contributed by atoms with Gasteiger partial charge in [0, 0.05) is 155 Å². The van der Waals surface area contributed by atoms with Crippen molar-refractivity contribution in [1.82, 2.24) is 63.6 Å². The summed E-state index contributed by atoms with van der Waals surface area (Å²) in [6.07, 6.45) is 11.5. The van der Waals surface area contributed by atoms with Crippen molar-refractivity contribution in [3.05, 3.63) is 281 Å². The molecule has 14 aromatic rings. The highest BCUT2D eigenvalue weighted by Gasteiger charge is 2.31. The first-order valence-corrected chi connectivity index (χ1v) is 48.3. The summed E-state index contributed by atoms with van der Waals surface area (Å²) in [4.78, 5) is 108. The van der Waals surface area contributed by atoms with Crippen molar-refractivity contribution in [2.75, 3.05) is 113 Å². The Bertz CT molecular complexity index is 7310. The van der Waals surface area contributed by atoms with E-state index in [9.17, 15) is 64.9 Å². The number of fused-ring (bicyclic) bond motifs is 4. The molecule has 2 atom stereocenters. The van der Waals surface area contributed by atoms with E-state index in [1.54, 1.807) is 48.4 Å². The number of nitrogens with one attached hydrogen (secondary N) is 5. The van der Waals surface area contributed by atoms with Gasteiger partial charge in [0.05, 0.1) is 97.1 Å². The molecular formula is C99H94ClF4N21O18S4. The molecule has 3 aliphatic heterocycles. The lowest BCUT2D eigenvalue weighted by molar-refractivity contribution is -0.380. The highest BCUT2D eigenvalue weighted by atomic mass is 35.5. The lowest BCUT2D eigenvalue weighted by Gasteiger charge is -2.32. The zero-order valence-corrected chi connectivity index (χ0v) is 83.3. The van der Waals surface area contributed by atoms with Gasteiger partial charge in [-0.05, 0) is 172 Å². The normalized spacial score (nSPS) is 13.4. The molecular weight excluding hydrogens is 2010 g/mol. The number of alkyl halides is 3. The molecule has 762 valence electrons. The van der Waals surface area contributed by atoms with Crippen LogP contribution in [0.5, 0.6) is 34.5 Å². The van der Waals surface area contributed by atoms with Crippen LogP contribution in [-0.2, 0) is 66.2 Å². The second-order valence-electron chi connectivity index (χ2n) is 31.3. The number of likely N-dealkylation sites (tertiary alicyclic amines) is 1. The first kappa shape index (κ1) is 109. The summed E-state index contributed by atoms with van der Waals surface area (Å²) in [7, 11) is 5.44. The molecule has 2 fully saturated rings. The summed E-state index contributed by atoms with van der Waals surface area (Å²) in [5.41, 5.74) is 20.3. The number of nitrogens with two attached hydrogens (primary N) is 2. The molecule has 0 aliphatic carbocycles. The molecule has 7 aromatic heterocycles. The predicted octanol–water partition coefficient (Wildman–Crippen LogP) is 17.2. The van der Waals surface area contributed by atoms with Gasteiger partial charge in [0.1, 0.15) is 77.3 Å². The van der Waals surface area contributed by atoms with Crippen molar-refractivity contribution >= 4 is 170 Å². The number of aromatic nitrogens is 11. The Hall–Kier alpha value is -16.8. The number of piperidine rings is 1. The number of methoxy groups -OCH3 is 4. The summed E-state index contributed by atoms with van der Waals surface area (Å²) >= 11 is 8.36. The first-order valence-electron chi connectivity index (χ1n) is 44.0. The van der Waals surface area contributed by atoms with Crippen LogP contribution in [0.3, 0.4) is 0 Å². The number of carbonyl (C=O) groups excluding carboxylic acids is 6. The van der Waals surface area contributed by atoms with E-state index in [0.29, 0.717) is 125 Å². The largest absolute Gasteiger partial charge is 0.496 e. The fourth-order valence-corrected chi connectivity index (χ4v) is 16.8. The third-order valence-electron chi connectivity index (χ3n) is 20.6. The Morgan fingerprint density at radius 2 is 1.46 bits per heavy atom. The molecule has 4 amide bonds. The maximum atomic E-state index is 13.6. The molecule has 17 rings (SSSR count). The van der Waals surface area contributed by atoms with E-state index >= 15 is 0 Å². The second kappa shape index (κ2) is 52.5. The van der Waals surface area contributed by atoms with Crippen molar-refractivity contribution in [3.63, 3.8) is 0 Å². The highest BCUT2D eigenvalue weighted by Crippen LogP contribution is 2.40. The molecule has 0 radical (unpaired) electrons. The number of nitro groups is 1. The Kier molecular flexibility index (Phi) is 38.9. The number of ether oxygens (including phenoxy) is 8. The zero-order chi connectivity index (χ0) is 105. The topological polar surface area (TPSA) is 498 Å². The number of amides is 4. The van der Waals surface area contributed by atoms with Crippen LogP contribution in [0.1, 0.15) is 48.4 Å². The summed E-state index contributed by atoms with van der Waals surface area (Å²) in [5, 5.41) is 35.2. The smallest absolute Gasteiger partial charge is 0.458 e. The summed E-state index contributed by atoms with van der Waals surface area (Å²) in [6.45, 7) is 9.14. The van der Waals surface area contributed by atoms with Gasteiger partial charge in [0.25, 0.3) is 10.0 Å².